The normalized spacial score (nSPS) is 10.4. The smallest absolute Gasteiger partial charge is 0.224 e. The van der Waals surface area contributed by atoms with Gasteiger partial charge in [-0.15, -0.1) is 0 Å². The summed E-state index contributed by atoms with van der Waals surface area (Å²) < 4.78 is 13.6. The Hall–Kier alpha value is -0.940. The van der Waals surface area contributed by atoms with Crippen LogP contribution in [0.5, 0.6) is 0 Å². The molecular formula is C13H18BrFN2O. The average Bonchev–Trinajstić information content (AvgIpc) is 2.32. The van der Waals surface area contributed by atoms with Gasteiger partial charge in [-0.3, -0.25) is 4.79 Å². The van der Waals surface area contributed by atoms with E-state index < -0.39 is 0 Å². The summed E-state index contributed by atoms with van der Waals surface area (Å²) >= 11 is 3.10. The quantitative estimate of drug-likeness (QED) is 0.791. The Morgan fingerprint density at radius 2 is 2.11 bits per heavy atom. The van der Waals surface area contributed by atoms with Gasteiger partial charge in [-0.25, -0.2) is 4.39 Å². The van der Waals surface area contributed by atoms with Gasteiger partial charge in [0.25, 0.3) is 0 Å². The average molecular weight is 317 g/mol. The highest BCUT2D eigenvalue weighted by Crippen LogP contribution is 2.24. The van der Waals surface area contributed by atoms with E-state index in [1.807, 2.05) is 0 Å². The third kappa shape index (κ3) is 4.74. The molecule has 0 fully saturated rings. The number of benzene rings is 1. The van der Waals surface area contributed by atoms with Crippen LogP contribution < -0.4 is 11.1 Å². The Morgan fingerprint density at radius 3 is 2.78 bits per heavy atom. The fraction of sp³-hybridized carbons (Fsp3) is 0.462. The molecule has 0 radical (unpaired) electrons. The first-order valence-corrected chi connectivity index (χ1v) is 6.79. The minimum atomic E-state index is -0.326. The molecule has 1 rings (SSSR count). The van der Waals surface area contributed by atoms with Crippen molar-refractivity contribution in [2.24, 2.45) is 5.73 Å². The van der Waals surface area contributed by atoms with Crippen LogP contribution in [0.25, 0.3) is 0 Å². The van der Waals surface area contributed by atoms with Gasteiger partial charge in [0.05, 0.1) is 4.47 Å². The van der Waals surface area contributed by atoms with Crippen molar-refractivity contribution < 1.29 is 9.18 Å². The number of nitrogens with one attached hydrogen (secondary N) is 1. The molecule has 3 nitrogen and oxygen atoms in total. The first-order valence-electron chi connectivity index (χ1n) is 6.00. The van der Waals surface area contributed by atoms with E-state index in [1.165, 1.54) is 6.07 Å². The van der Waals surface area contributed by atoms with E-state index >= 15 is 0 Å². The molecule has 0 aromatic heterocycles. The second-order valence-corrected chi connectivity index (χ2v) is 5.08. The minimum Gasteiger partial charge on any atom is -0.330 e. The van der Waals surface area contributed by atoms with Crippen molar-refractivity contribution in [2.45, 2.75) is 32.6 Å². The number of carbonyl (C=O) groups excluding carboxylic acids is 1. The molecule has 18 heavy (non-hydrogen) atoms. The van der Waals surface area contributed by atoms with E-state index in [-0.39, 0.29) is 11.7 Å². The molecule has 0 aliphatic rings. The fourth-order valence-electron chi connectivity index (χ4n) is 1.60. The first-order chi connectivity index (χ1) is 8.54. The molecule has 100 valence electrons. The van der Waals surface area contributed by atoms with Crippen LogP contribution in [0.4, 0.5) is 10.1 Å². The molecule has 3 N–H and O–H groups in total. The Bertz CT molecular complexity index is 424. The molecule has 0 bridgehead atoms. The number of hydrogen-bond donors (Lipinski definition) is 2. The zero-order valence-electron chi connectivity index (χ0n) is 10.4. The molecule has 0 unspecified atom stereocenters. The number of amides is 1. The molecule has 5 heteroatoms. The Balaban J connectivity index is 2.51. The molecule has 0 heterocycles. The number of carbonyl (C=O) groups is 1. The maximum absolute atomic E-state index is 13.2. The molecule has 0 spiro atoms. The standard InChI is InChI=1S/C13H18BrFN2O/c1-9-7-11(15)10(14)8-12(9)17-13(18)5-3-2-4-6-16/h7-8H,2-6,16H2,1H3,(H,17,18). The highest BCUT2D eigenvalue weighted by molar-refractivity contribution is 9.10. The van der Waals surface area contributed by atoms with Gasteiger partial charge in [0.2, 0.25) is 5.91 Å². The molecule has 0 atom stereocenters. The summed E-state index contributed by atoms with van der Waals surface area (Å²) in [6.45, 7) is 2.42. The predicted molar refractivity (Wildman–Crippen MR) is 75.0 cm³/mol. The van der Waals surface area contributed by atoms with Crippen molar-refractivity contribution in [3.05, 3.63) is 28.0 Å². The summed E-state index contributed by atoms with van der Waals surface area (Å²) in [5, 5.41) is 2.79. The summed E-state index contributed by atoms with van der Waals surface area (Å²) in [6.07, 6.45) is 3.18. The van der Waals surface area contributed by atoms with Gasteiger partial charge in [0.15, 0.2) is 0 Å². The fourth-order valence-corrected chi connectivity index (χ4v) is 1.94. The zero-order valence-corrected chi connectivity index (χ0v) is 12.0. The van der Waals surface area contributed by atoms with Crippen molar-refractivity contribution in [3.8, 4) is 0 Å². The third-order valence-electron chi connectivity index (χ3n) is 2.65. The van der Waals surface area contributed by atoms with Gasteiger partial charge in [-0.05, 0) is 59.9 Å². The van der Waals surface area contributed by atoms with Gasteiger partial charge in [-0.2, -0.15) is 0 Å². The number of halogens is 2. The lowest BCUT2D eigenvalue weighted by Gasteiger charge is -2.09. The van der Waals surface area contributed by atoms with Gasteiger partial charge < -0.3 is 11.1 Å². The maximum atomic E-state index is 13.2. The predicted octanol–water partition coefficient (Wildman–Crippen LogP) is 3.35. The Labute approximate surface area is 115 Å². The van der Waals surface area contributed by atoms with Crippen LogP contribution in [0.15, 0.2) is 16.6 Å². The molecule has 0 saturated carbocycles. The van der Waals surface area contributed by atoms with E-state index in [0.717, 1.165) is 19.3 Å². The number of hydrogen-bond acceptors (Lipinski definition) is 2. The molecule has 1 aromatic rings. The van der Waals surface area contributed by atoms with Crippen LogP contribution in [0.2, 0.25) is 0 Å². The summed E-state index contributed by atoms with van der Waals surface area (Å²) in [5.74, 6) is -0.373. The van der Waals surface area contributed by atoms with E-state index in [1.54, 1.807) is 13.0 Å². The van der Waals surface area contributed by atoms with Crippen LogP contribution in [-0.2, 0) is 4.79 Å². The van der Waals surface area contributed by atoms with Gasteiger partial charge >= 0.3 is 0 Å². The van der Waals surface area contributed by atoms with Gasteiger partial charge in [0.1, 0.15) is 5.82 Å². The van der Waals surface area contributed by atoms with E-state index in [9.17, 15) is 9.18 Å². The molecule has 0 aliphatic heterocycles. The number of unbranched alkanes of at least 4 members (excludes halogenated alkanes) is 2. The highest BCUT2D eigenvalue weighted by Gasteiger charge is 2.08. The van der Waals surface area contributed by atoms with Crippen LogP contribution >= 0.6 is 15.9 Å². The number of anilines is 1. The molecule has 0 aliphatic carbocycles. The summed E-state index contributed by atoms with van der Waals surface area (Å²) in [5.41, 5.74) is 6.74. The molecule has 1 aromatic carbocycles. The van der Waals surface area contributed by atoms with Gasteiger partial charge in [0, 0.05) is 12.1 Å². The van der Waals surface area contributed by atoms with Crippen LogP contribution in [-0.4, -0.2) is 12.5 Å². The second-order valence-electron chi connectivity index (χ2n) is 4.23. The Morgan fingerprint density at radius 1 is 1.39 bits per heavy atom. The molecule has 0 saturated heterocycles. The third-order valence-corrected chi connectivity index (χ3v) is 3.26. The van der Waals surface area contributed by atoms with Crippen molar-refractivity contribution in [3.63, 3.8) is 0 Å². The lowest BCUT2D eigenvalue weighted by atomic mass is 10.1. The van der Waals surface area contributed by atoms with Crippen LogP contribution in [0.3, 0.4) is 0 Å². The minimum absolute atomic E-state index is 0.0476. The van der Waals surface area contributed by atoms with Crippen molar-refractivity contribution in [2.75, 3.05) is 11.9 Å². The lowest BCUT2D eigenvalue weighted by Crippen LogP contribution is -2.12. The first kappa shape index (κ1) is 15.1. The summed E-state index contributed by atoms with van der Waals surface area (Å²) in [7, 11) is 0. The number of aryl methyl sites for hydroxylation is 1. The van der Waals surface area contributed by atoms with E-state index in [2.05, 4.69) is 21.2 Å². The largest absolute Gasteiger partial charge is 0.330 e. The van der Waals surface area contributed by atoms with Gasteiger partial charge in [-0.1, -0.05) is 6.42 Å². The molecule has 1 amide bonds. The Kier molecular flexibility index (Phi) is 6.29. The topological polar surface area (TPSA) is 55.1 Å². The monoisotopic (exact) mass is 316 g/mol. The van der Waals surface area contributed by atoms with Crippen molar-refractivity contribution >= 4 is 27.5 Å². The van der Waals surface area contributed by atoms with E-state index in [0.29, 0.717) is 28.7 Å². The van der Waals surface area contributed by atoms with Crippen molar-refractivity contribution in [1.82, 2.24) is 0 Å². The number of nitrogens with two attached hydrogens (primary N) is 1. The van der Waals surface area contributed by atoms with E-state index in [4.69, 9.17) is 5.73 Å². The zero-order chi connectivity index (χ0) is 13.5. The molecular weight excluding hydrogens is 299 g/mol. The van der Waals surface area contributed by atoms with Crippen LogP contribution in [0.1, 0.15) is 31.2 Å². The summed E-state index contributed by atoms with van der Waals surface area (Å²) in [6, 6.07) is 2.98. The summed E-state index contributed by atoms with van der Waals surface area (Å²) in [4.78, 5) is 11.7. The van der Waals surface area contributed by atoms with Crippen LogP contribution in [0, 0.1) is 12.7 Å². The van der Waals surface area contributed by atoms with Crippen molar-refractivity contribution in [1.29, 1.82) is 0 Å². The lowest BCUT2D eigenvalue weighted by molar-refractivity contribution is -0.116. The SMILES string of the molecule is Cc1cc(F)c(Br)cc1NC(=O)CCCCCN. The highest BCUT2D eigenvalue weighted by atomic mass is 79.9. The second kappa shape index (κ2) is 7.48. The maximum Gasteiger partial charge on any atom is 0.224 e. The number of rotatable bonds is 6.